The van der Waals surface area contributed by atoms with E-state index in [1.54, 1.807) is 11.3 Å². The standard InChI is InChI=1S/C6H9PS.C5H7PS/c1-4-3-6(7)8-5(4)2;1-4-2-3-5(6)7-4/h3H,7H2,1-2H3;2-3H,6H2,1H3. The summed E-state index contributed by atoms with van der Waals surface area (Å²) in [6.45, 7) is 6.39. The van der Waals surface area contributed by atoms with E-state index in [1.807, 2.05) is 11.3 Å². The maximum absolute atomic E-state index is 2.70. The molecule has 0 amide bonds. The third-order valence-corrected chi connectivity index (χ3v) is 4.82. The van der Waals surface area contributed by atoms with Gasteiger partial charge in [-0.3, -0.25) is 0 Å². The fourth-order valence-electron chi connectivity index (χ4n) is 1.06. The first-order valence-corrected chi connectivity index (χ1v) is 7.42. The quantitative estimate of drug-likeness (QED) is 0.646. The first-order chi connectivity index (χ1) is 6.99. The van der Waals surface area contributed by atoms with Crippen LogP contribution in [0.15, 0.2) is 18.2 Å². The summed E-state index contributed by atoms with van der Waals surface area (Å²) in [6.07, 6.45) is 0. The summed E-state index contributed by atoms with van der Waals surface area (Å²) in [4.78, 5) is 2.81. The van der Waals surface area contributed by atoms with Gasteiger partial charge in [0.05, 0.1) is 0 Å². The second kappa shape index (κ2) is 6.11. The van der Waals surface area contributed by atoms with Gasteiger partial charge in [-0.2, -0.15) is 0 Å². The molecule has 0 bridgehead atoms. The molecule has 0 nitrogen and oxygen atoms in total. The van der Waals surface area contributed by atoms with Gasteiger partial charge in [0.2, 0.25) is 0 Å². The second-order valence-corrected chi connectivity index (χ2v) is 8.02. The molecule has 0 radical (unpaired) electrons. The van der Waals surface area contributed by atoms with Crippen LogP contribution in [-0.2, 0) is 0 Å². The van der Waals surface area contributed by atoms with Crippen molar-refractivity contribution in [3.63, 3.8) is 0 Å². The van der Waals surface area contributed by atoms with Gasteiger partial charge in [0, 0.05) is 19.0 Å². The molecule has 2 unspecified atom stereocenters. The number of hydrogen-bond acceptors (Lipinski definition) is 2. The Morgan fingerprint density at radius 2 is 1.60 bits per heavy atom. The van der Waals surface area contributed by atoms with E-state index in [0.717, 1.165) is 0 Å². The zero-order chi connectivity index (χ0) is 11.4. The Labute approximate surface area is 105 Å². The van der Waals surface area contributed by atoms with Crippen molar-refractivity contribution in [1.82, 2.24) is 0 Å². The Hall–Kier alpha value is 0.260. The summed E-state index contributed by atoms with van der Waals surface area (Å²) in [6, 6.07) is 6.41. The van der Waals surface area contributed by atoms with Crippen LogP contribution >= 0.6 is 41.2 Å². The average molecular weight is 274 g/mol. The van der Waals surface area contributed by atoms with Crippen molar-refractivity contribution in [3.8, 4) is 0 Å². The van der Waals surface area contributed by atoms with Gasteiger partial charge in [0.15, 0.2) is 0 Å². The van der Waals surface area contributed by atoms with Crippen molar-refractivity contribution in [2.75, 3.05) is 0 Å². The van der Waals surface area contributed by atoms with Gasteiger partial charge in [-0.05, 0) is 44.5 Å². The number of aryl methyl sites for hydroxylation is 3. The van der Waals surface area contributed by atoms with E-state index in [1.165, 1.54) is 24.6 Å². The maximum atomic E-state index is 2.70. The molecule has 2 aromatic heterocycles. The van der Waals surface area contributed by atoms with Crippen LogP contribution in [0.2, 0.25) is 0 Å². The lowest BCUT2D eigenvalue weighted by molar-refractivity contribution is 1.45. The fourth-order valence-corrected chi connectivity index (χ4v) is 3.94. The second-order valence-electron chi connectivity index (χ2n) is 3.34. The molecule has 82 valence electrons. The van der Waals surface area contributed by atoms with Gasteiger partial charge in [-0.15, -0.1) is 22.7 Å². The molecule has 15 heavy (non-hydrogen) atoms. The molecule has 0 saturated heterocycles. The van der Waals surface area contributed by atoms with Crippen LogP contribution in [0.1, 0.15) is 15.3 Å². The molecule has 0 saturated carbocycles. The summed E-state index contributed by atoms with van der Waals surface area (Å²) < 4.78 is 2.65. The summed E-state index contributed by atoms with van der Waals surface area (Å²) in [5.74, 6) is 0. The van der Waals surface area contributed by atoms with Crippen molar-refractivity contribution in [3.05, 3.63) is 33.5 Å². The van der Waals surface area contributed by atoms with Crippen molar-refractivity contribution >= 4 is 50.4 Å². The Morgan fingerprint density at radius 3 is 1.73 bits per heavy atom. The molecule has 2 aromatic rings. The van der Waals surface area contributed by atoms with Crippen LogP contribution < -0.4 is 9.24 Å². The van der Waals surface area contributed by atoms with E-state index in [-0.39, 0.29) is 0 Å². The first kappa shape index (κ1) is 13.3. The highest BCUT2D eigenvalue weighted by molar-refractivity contribution is 7.43. The number of thiophene rings is 2. The third kappa shape index (κ3) is 4.74. The van der Waals surface area contributed by atoms with Gasteiger partial charge >= 0.3 is 0 Å². The van der Waals surface area contributed by atoms with Gasteiger partial charge in [-0.25, -0.2) is 0 Å². The molecule has 0 spiro atoms. The predicted molar refractivity (Wildman–Crippen MR) is 81.5 cm³/mol. The molecule has 0 aliphatic carbocycles. The van der Waals surface area contributed by atoms with Crippen LogP contribution in [0.5, 0.6) is 0 Å². The monoisotopic (exact) mass is 274 g/mol. The molecule has 2 rings (SSSR count). The molecule has 2 atom stereocenters. The minimum Gasteiger partial charge on any atom is -0.141 e. The van der Waals surface area contributed by atoms with Crippen LogP contribution in [0.3, 0.4) is 0 Å². The van der Waals surface area contributed by atoms with Crippen LogP contribution in [0.25, 0.3) is 0 Å². The molecule has 0 fully saturated rings. The van der Waals surface area contributed by atoms with Gasteiger partial charge in [0.1, 0.15) is 0 Å². The maximum Gasteiger partial charge on any atom is 0.0221 e. The van der Waals surface area contributed by atoms with Crippen LogP contribution in [-0.4, -0.2) is 0 Å². The lowest BCUT2D eigenvalue weighted by Gasteiger charge is -1.79. The zero-order valence-corrected chi connectivity index (χ0v) is 13.1. The highest BCUT2D eigenvalue weighted by Gasteiger charge is 1.93. The molecule has 2 heterocycles. The van der Waals surface area contributed by atoms with Crippen molar-refractivity contribution in [1.29, 1.82) is 0 Å². The van der Waals surface area contributed by atoms with Crippen LogP contribution in [0.4, 0.5) is 0 Å². The van der Waals surface area contributed by atoms with Crippen molar-refractivity contribution in [2.24, 2.45) is 0 Å². The zero-order valence-electron chi connectivity index (χ0n) is 9.20. The Balaban J connectivity index is 0.000000151. The lowest BCUT2D eigenvalue weighted by atomic mass is 10.3. The minimum atomic E-state index is 1.32. The fraction of sp³-hybridized carbons (Fsp3) is 0.273. The molecule has 0 aromatic carbocycles. The van der Waals surface area contributed by atoms with E-state index in [9.17, 15) is 0 Å². The number of hydrogen-bond donors (Lipinski definition) is 0. The summed E-state index contributed by atoms with van der Waals surface area (Å²) >= 11 is 3.64. The molecule has 0 N–H and O–H groups in total. The average Bonchev–Trinajstić information content (AvgIpc) is 2.61. The predicted octanol–water partition coefficient (Wildman–Crippen LogP) is 3.42. The smallest absolute Gasteiger partial charge is 0.0221 e. The molecule has 4 heteroatoms. The third-order valence-electron chi connectivity index (χ3n) is 1.95. The Morgan fingerprint density at radius 1 is 0.933 bits per heavy atom. The van der Waals surface area contributed by atoms with Crippen molar-refractivity contribution in [2.45, 2.75) is 20.8 Å². The largest absolute Gasteiger partial charge is 0.141 e. The topological polar surface area (TPSA) is 0 Å². The van der Waals surface area contributed by atoms with Gasteiger partial charge < -0.3 is 0 Å². The molecule has 0 aliphatic rings. The van der Waals surface area contributed by atoms with E-state index < -0.39 is 0 Å². The van der Waals surface area contributed by atoms with Crippen molar-refractivity contribution < 1.29 is 0 Å². The Kier molecular flexibility index (Phi) is 5.43. The lowest BCUT2D eigenvalue weighted by Crippen LogP contribution is -1.71. The highest BCUT2D eigenvalue weighted by Crippen LogP contribution is 2.13. The number of rotatable bonds is 0. The molecule has 0 aliphatic heterocycles. The first-order valence-electron chi connectivity index (χ1n) is 4.63. The minimum absolute atomic E-state index is 1.32. The van der Waals surface area contributed by atoms with Crippen LogP contribution in [0, 0.1) is 20.8 Å². The van der Waals surface area contributed by atoms with Gasteiger partial charge in [0.25, 0.3) is 0 Å². The van der Waals surface area contributed by atoms with E-state index >= 15 is 0 Å². The normalized spacial score (nSPS) is 9.67. The van der Waals surface area contributed by atoms with E-state index in [2.05, 4.69) is 57.4 Å². The summed E-state index contributed by atoms with van der Waals surface area (Å²) in [5.41, 5.74) is 1.40. The molecular formula is C11H16P2S2. The highest BCUT2D eigenvalue weighted by atomic mass is 32.1. The summed E-state index contributed by atoms with van der Waals surface area (Å²) in [7, 11) is 5.37. The Bertz CT molecular complexity index is 393. The SMILES string of the molecule is Cc1cc(P)sc1C.Cc1ccc(P)s1. The van der Waals surface area contributed by atoms with E-state index in [4.69, 9.17) is 0 Å². The molecular weight excluding hydrogens is 258 g/mol. The summed E-state index contributed by atoms with van der Waals surface area (Å²) in [5, 5.41) is 0. The van der Waals surface area contributed by atoms with E-state index in [0.29, 0.717) is 0 Å². The van der Waals surface area contributed by atoms with Gasteiger partial charge in [-0.1, -0.05) is 18.5 Å².